The van der Waals surface area contributed by atoms with Crippen molar-refractivity contribution in [3.8, 4) is 5.69 Å². The normalized spacial score (nSPS) is 11.1. The van der Waals surface area contributed by atoms with Crippen LogP contribution in [0.25, 0.3) is 16.6 Å². The van der Waals surface area contributed by atoms with E-state index in [2.05, 4.69) is 10.3 Å². The van der Waals surface area contributed by atoms with E-state index in [9.17, 15) is 19.2 Å². The molecule has 0 aliphatic heterocycles. The first kappa shape index (κ1) is 23.2. The Morgan fingerprint density at radius 1 is 1.00 bits per heavy atom. The van der Waals surface area contributed by atoms with Crippen molar-refractivity contribution in [2.75, 3.05) is 11.1 Å². The zero-order valence-electron chi connectivity index (χ0n) is 19.2. The molecule has 2 aromatic heterocycles. The molecule has 0 unspecified atom stereocenters. The van der Waals surface area contributed by atoms with Gasteiger partial charge < -0.3 is 5.32 Å². The van der Waals surface area contributed by atoms with Gasteiger partial charge in [-0.3, -0.25) is 28.1 Å². The molecule has 34 heavy (non-hydrogen) atoms. The molecule has 1 N–H and O–H groups in total. The van der Waals surface area contributed by atoms with Crippen LogP contribution in [0.2, 0.25) is 0 Å². The lowest BCUT2D eigenvalue weighted by atomic mass is 10.1. The van der Waals surface area contributed by atoms with Gasteiger partial charge in [0, 0.05) is 20.2 Å². The summed E-state index contributed by atoms with van der Waals surface area (Å²) >= 11 is 1.10. The molecule has 0 radical (unpaired) electrons. The average Bonchev–Trinajstić information content (AvgIpc) is 2.82. The fourth-order valence-electron chi connectivity index (χ4n) is 3.56. The minimum atomic E-state index is -0.546. The summed E-state index contributed by atoms with van der Waals surface area (Å²) in [5.41, 5.74) is 1.89. The largest absolute Gasteiger partial charge is 0.332 e. The molecule has 2 heterocycles. The Kier molecular flexibility index (Phi) is 6.25. The SMILES string of the molecule is Cc1cccc(-n2c(SCC(=O)Nc3cc(=O)n(C)c(=O)n3C)nc3ccccc3c2=O)c1C. The molecular weight excluding hydrogens is 454 g/mol. The van der Waals surface area contributed by atoms with Gasteiger partial charge in [-0.15, -0.1) is 0 Å². The number of hydrogen-bond acceptors (Lipinski definition) is 6. The number of anilines is 1. The Labute approximate surface area is 198 Å². The lowest BCUT2D eigenvalue weighted by Crippen LogP contribution is -2.38. The van der Waals surface area contributed by atoms with Crippen LogP contribution in [0.15, 0.2) is 68.1 Å². The van der Waals surface area contributed by atoms with E-state index in [1.165, 1.54) is 29.3 Å². The van der Waals surface area contributed by atoms with E-state index in [4.69, 9.17) is 0 Å². The first-order valence-electron chi connectivity index (χ1n) is 10.5. The third-order valence-electron chi connectivity index (χ3n) is 5.69. The summed E-state index contributed by atoms with van der Waals surface area (Å²) in [7, 11) is 2.83. The highest BCUT2D eigenvalue weighted by atomic mass is 32.2. The van der Waals surface area contributed by atoms with Crippen molar-refractivity contribution >= 4 is 34.4 Å². The number of amides is 1. The van der Waals surface area contributed by atoms with Crippen molar-refractivity contribution in [3.63, 3.8) is 0 Å². The molecule has 4 rings (SSSR count). The number of para-hydroxylation sites is 1. The number of benzene rings is 2. The molecule has 0 atom stereocenters. The van der Waals surface area contributed by atoms with E-state index < -0.39 is 17.2 Å². The Balaban J connectivity index is 1.72. The highest BCUT2D eigenvalue weighted by Gasteiger charge is 2.17. The van der Waals surface area contributed by atoms with Crippen LogP contribution in [0.5, 0.6) is 0 Å². The van der Waals surface area contributed by atoms with Crippen LogP contribution in [0, 0.1) is 13.8 Å². The zero-order chi connectivity index (χ0) is 24.6. The summed E-state index contributed by atoms with van der Waals surface area (Å²) in [6.07, 6.45) is 0. The summed E-state index contributed by atoms with van der Waals surface area (Å²) in [6.45, 7) is 3.90. The molecule has 0 aliphatic rings. The van der Waals surface area contributed by atoms with Crippen LogP contribution >= 0.6 is 11.8 Å². The van der Waals surface area contributed by atoms with E-state index in [0.717, 1.165) is 27.5 Å². The maximum Gasteiger partial charge on any atom is 0.332 e. The number of thioether (sulfide) groups is 1. The predicted molar refractivity (Wildman–Crippen MR) is 133 cm³/mol. The Morgan fingerprint density at radius 2 is 1.74 bits per heavy atom. The number of aromatic nitrogens is 4. The fraction of sp³-hybridized carbons (Fsp3) is 0.208. The Hall–Kier alpha value is -3.92. The predicted octanol–water partition coefficient (Wildman–Crippen LogP) is 2.13. The first-order valence-corrected chi connectivity index (χ1v) is 11.5. The quantitative estimate of drug-likeness (QED) is 0.349. The topological polar surface area (TPSA) is 108 Å². The van der Waals surface area contributed by atoms with Crippen LogP contribution in [-0.4, -0.2) is 30.3 Å². The number of rotatable bonds is 5. The number of hydrogen-bond donors (Lipinski definition) is 1. The van der Waals surface area contributed by atoms with Crippen LogP contribution in [0.3, 0.4) is 0 Å². The van der Waals surface area contributed by atoms with E-state index in [1.807, 2.05) is 32.0 Å². The van der Waals surface area contributed by atoms with Gasteiger partial charge in [0.2, 0.25) is 5.91 Å². The second-order valence-electron chi connectivity index (χ2n) is 7.88. The van der Waals surface area contributed by atoms with Crippen molar-refractivity contribution in [2.45, 2.75) is 19.0 Å². The monoisotopic (exact) mass is 477 g/mol. The van der Waals surface area contributed by atoms with E-state index in [0.29, 0.717) is 21.7 Å². The Bertz CT molecular complexity index is 1620. The van der Waals surface area contributed by atoms with Gasteiger partial charge in [0.25, 0.3) is 11.1 Å². The smallest absolute Gasteiger partial charge is 0.311 e. The molecule has 0 bridgehead atoms. The molecule has 2 aromatic carbocycles. The van der Waals surface area contributed by atoms with Gasteiger partial charge in [-0.2, -0.15) is 0 Å². The maximum atomic E-state index is 13.4. The van der Waals surface area contributed by atoms with Crippen molar-refractivity contribution in [1.82, 2.24) is 18.7 Å². The number of nitrogens with one attached hydrogen (secondary N) is 1. The highest BCUT2D eigenvalue weighted by molar-refractivity contribution is 7.99. The van der Waals surface area contributed by atoms with Crippen LogP contribution in [-0.2, 0) is 18.9 Å². The number of nitrogens with zero attached hydrogens (tertiary/aromatic N) is 4. The summed E-state index contributed by atoms with van der Waals surface area (Å²) in [6, 6.07) is 13.9. The molecular formula is C24H23N5O4S. The third-order valence-corrected chi connectivity index (χ3v) is 6.63. The molecule has 0 spiro atoms. The van der Waals surface area contributed by atoms with E-state index in [-0.39, 0.29) is 17.1 Å². The van der Waals surface area contributed by atoms with Crippen LogP contribution in [0.1, 0.15) is 11.1 Å². The lowest BCUT2D eigenvalue weighted by molar-refractivity contribution is -0.113. The summed E-state index contributed by atoms with van der Waals surface area (Å²) in [5, 5.41) is 3.44. The van der Waals surface area contributed by atoms with Crippen molar-refractivity contribution < 1.29 is 4.79 Å². The number of carbonyl (C=O) groups excluding carboxylic acids is 1. The van der Waals surface area contributed by atoms with Gasteiger partial charge in [0.1, 0.15) is 5.82 Å². The van der Waals surface area contributed by atoms with Gasteiger partial charge in [-0.25, -0.2) is 9.78 Å². The van der Waals surface area contributed by atoms with Crippen molar-refractivity contribution in [2.24, 2.45) is 14.1 Å². The summed E-state index contributed by atoms with van der Waals surface area (Å²) in [5.74, 6) is -0.431. The fourth-order valence-corrected chi connectivity index (χ4v) is 4.37. The molecule has 174 valence electrons. The molecule has 1 amide bonds. The van der Waals surface area contributed by atoms with Crippen molar-refractivity contribution in [1.29, 1.82) is 0 Å². The molecule has 10 heteroatoms. The minimum Gasteiger partial charge on any atom is -0.311 e. The third kappa shape index (κ3) is 4.19. The number of fused-ring (bicyclic) bond motifs is 1. The van der Waals surface area contributed by atoms with Gasteiger partial charge >= 0.3 is 5.69 Å². The highest BCUT2D eigenvalue weighted by Crippen LogP contribution is 2.24. The zero-order valence-corrected chi connectivity index (χ0v) is 20.0. The summed E-state index contributed by atoms with van der Waals surface area (Å²) < 4.78 is 3.66. The average molecular weight is 478 g/mol. The van der Waals surface area contributed by atoms with Crippen molar-refractivity contribution in [3.05, 3.63) is 90.8 Å². The van der Waals surface area contributed by atoms with E-state index >= 15 is 0 Å². The molecule has 9 nitrogen and oxygen atoms in total. The number of carbonyl (C=O) groups is 1. The maximum absolute atomic E-state index is 13.4. The van der Waals surface area contributed by atoms with Gasteiger partial charge in [0.15, 0.2) is 5.16 Å². The lowest BCUT2D eigenvalue weighted by Gasteiger charge is -2.16. The molecule has 0 fully saturated rings. The Morgan fingerprint density at radius 3 is 2.50 bits per heavy atom. The standard InChI is InChI=1S/C24H23N5O4S/c1-14-8-7-11-18(15(14)2)29-22(32)16-9-5-6-10-17(16)25-23(29)34-13-20(30)26-19-12-21(31)28(4)24(33)27(19)3/h5-12H,13H2,1-4H3,(H,26,30). The second kappa shape index (κ2) is 9.14. The molecule has 4 aromatic rings. The van der Waals surface area contributed by atoms with Gasteiger partial charge in [-0.05, 0) is 43.2 Å². The second-order valence-corrected chi connectivity index (χ2v) is 8.82. The van der Waals surface area contributed by atoms with Crippen LogP contribution < -0.4 is 22.1 Å². The van der Waals surface area contributed by atoms with Crippen LogP contribution in [0.4, 0.5) is 5.82 Å². The molecule has 0 aliphatic carbocycles. The molecule has 0 saturated carbocycles. The molecule has 0 saturated heterocycles. The number of aryl methyl sites for hydroxylation is 1. The first-order chi connectivity index (χ1) is 16.2. The minimum absolute atomic E-state index is 0.0843. The summed E-state index contributed by atoms with van der Waals surface area (Å²) in [4.78, 5) is 54.8. The van der Waals surface area contributed by atoms with Gasteiger partial charge in [-0.1, -0.05) is 36.0 Å². The van der Waals surface area contributed by atoms with Gasteiger partial charge in [0.05, 0.1) is 22.3 Å². The van der Waals surface area contributed by atoms with E-state index in [1.54, 1.807) is 24.3 Å².